The van der Waals surface area contributed by atoms with Crippen molar-refractivity contribution in [2.45, 2.75) is 31.7 Å². The summed E-state index contributed by atoms with van der Waals surface area (Å²) in [6.07, 6.45) is 7.81. The molecule has 80 valence electrons. The van der Waals surface area contributed by atoms with E-state index in [0.717, 1.165) is 32.5 Å². The van der Waals surface area contributed by atoms with Gasteiger partial charge >= 0.3 is 0 Å². The van der Waals surface area contributed by atoms with Crippen LogP contribution in [0.5, 0.6) is 0 Å². The SMILES string of the molecule is CC(Cl)CCNCCCn1ccnc1. The first-order chi connectivity index (χ1) is 6.79. The van der Waals surface area contributed by atoms with Crippen molar-refractivity contribution in [2.75, 3.05) is 13.1 Å². The Morgan fingerprint density at radius 2 is 2.36 bits per heavy atom. The fourth-order valence-corrected chi connectivity index (χ4v) is 1.34. The van der Waals surface area contributed by atoms with Crippen molar-refractivity contribution in [2.24, 2.45) is 0 Å². The van der Waals surface area contributed by atoms with Crippen molar-refractivity contribution in [1.29, 1.82) is 0 Å². The Balaban J connectivity index is 1.90. The van der Waals surface area contributed by atoms with E-state index in [0.29, 0.717) is 0 Å². The lowest BCUT2D eigenvalue weighted by Gasteiger charge is -2.06. The predicted molar refractivity (Wildman–Crippen MR) is 59.6 cm³/mol. The number of imidazole rings is 1. The lowest BCUT2D eigenvalue weighted by molar-refractivity contribution is 0.569. The molecule has 1 atom stereocenters. The van der Waals surface area contributed by atoms with Gasteiger partial charge in [0.1, 0.15) is 0 Å². The number of alkyl halides is 1. The fourth-order valence-electron chi connectivity index (χ4n) is 1.23. The van der Waals surface area contributed by atoms with Crippen molar-refractivity contribution in [1.82, 2.24) is 14.9 Å². The van der Waals surface area contributed by atoms with Crippen molar-refractivity contribution in [3.05, 3.63) is 18.7 Å². The summed E-state index contributed by atoms with van der Waals surface area (Å²) in [6, 6.07) is 0. The first-order valence-corrected chi connectivity index (χ1v) is 5.53. The standard InChI is InChI=1S/C10H18ClN3/c1-10(11)3-5-12-4-2-7-14-8-6-13-9-14/h6,8-10,12H,2-5,7H2,1H3. The van der Waals surface area contributed by atoms with E-state index in [1.807, 2.05) is 25.6 Å². The van der Waals surface area contributed by atoms with Crippen molar-refractivity contribution >= 4 is 11.6 Å². The maximum absolute atomic E-state index is 5.82. The molecule has 1 N–H and O–H groups in total. The molecule has 1 heterocycles. The predicted octanol–water partition coefficient (Wildman–Crippen LogP) is 1.88. The molecule has 0 spiro atoms. The molecule has 0 fully saturated rings. The van der Waals surface area contributed by atoms with E-state index in [1.165, 1.54) is 0 Å². The number of aryl methyl sites for hydroxylation is 1. The number of hydrogen-bond donors (Lipinski definition) is 1. The van der Waals surface area contributed by atoms with Crippen LogP contribution in [0.25, 0.3) is 0 Å². The van der Waals surface area contributed by atoms with Crippen LogP contribution in [0.15, 0.2) is 18.7 Å². The molecule has 0 aliphatic carbocycles. The summed E-state index contributed by atoms with van der Waals surface area (Å²) in [7, 11) is 0. The summed E-state index contributed by atoms with van der Waals surface area (Å²) >= 11 is 5.82. The van der Waals surface area contributed by atoms with Crippen LogP contribution >= 0.6 is 11.6 Å². The third kappa shape index (κ3) is 5.25. The van der Waals surface area contributed by atoms with E-state index < -0.39 is 0 Å². The molecule has 1 unspecified atom stereocenters. The van der Waals surface area contributed by atoms with Gasteiger partial charge in [-0.25, -0.2) is 4.98 Å². The molecule has 1 aromatic heterocycles. The second-order valence-corrected chi connectivity index (χ2v) is 4.22. The van der Waals surface area contributed by atoms with E-state index in [-0.39, 0.29) is 5.38 Å². The summed E-state index contributed by atoms with van der Waals surface area (Å²) in [5.41, 5.74) is 0. The Labute approximate surface area is 90.5 Å². The zero-order chi connectivity index (χ0) is 10.2. The van der Waals surface area contributed by atoms with Gasteiger partial charge in [-0.15, -0.1) is 11.6 Å². The fraction of sp³-hybridized carbons (Fsp3) is 0.700. The average Bonchev–Trinajstić information content (AvgIpc) is 2.63. The Morgan fingerprint density at radius 1 is 1.50 bits per heavy atom. The minimum absolute atomic E-state index is 0.274. The molecule has 4 heteroatoms. The van der Waals surface area contributed by atoms with Crippen LogP contribution in [-0.2, 0) is 6.54 Å². The van der Waals surface area contributed by atoms with Gasteiger partial charge in [-0.05, 0) is 32.9 Å². The molecular weight excluding hydrogens is 198 g/mol. The Morgan fingerprint density at radius 3 is 3.00 bits per heavy atom. The minimum Gasteiger partial charge on any atom is -0.337 e. The van der Waals surface area contributed by atoms with Crippen LogP contribution in [0.2, 0.25) is 0 Å². The third-order valence-corrected chi connectivity index (χ3v) is 2.27. The summed E-state index contributed by atoms with van der Waals surface area (Å²) in [6.45, 7) is 5.11. The van der Waals surface area contributed by atoms with Crippen LogP contribution in [0.1, 0.15) is 19.8 Å². The second-order valence-electron chi connectivity index (χ2n) is 3.47. The van der Waals surface area contributed by atoms with E-state index in [2.05, 4.69) is 14.9 Å². The zero-order valence-electron chi connectivity index (χ0n) is 8.62. The molecule has 0 saturated heterocycles. The number of nitrogens with zero attached hydrogens (tertiary/aromatic N) is 2. The highest BCUT2D eigenvalue weighted by atomic mass is 35.5. The first kappa shape index (κ1) is 11.5. The number of hydrogen-bond acceptors (Lipinski definition) is 2. The molecule has 1 rings (SSSR count). The molecule has 0 saturated carbocycles. The van der Waals surface area contributed by atoms with Crippen LogP contribution in [0, 0.1) is 0 Å². The largest absolute Gasteiger partial charge is 0.337 e. The zero-order valence-corrected chi connectivity index (χ0v) is 9.37. The highest BCUT2D eigenvalue weighted by Crippen LogP contribution is 1.97. The van der Waals surface area contributed by atoms with Gasteiger partial charge in [0, 0.05) is 24.3 Å². The molecule has 0 bridgehead atoms. The Hall–Kier alpha value is -0.540. The summed E-state index contributed by atoms with van der Waals surface area (Å²) in [5.74, 6) is 0. The topological polar surface area (TPSA) is 29.9 Å². The number of halogens is 1. The summed E-state index contributed by atoms with van der Waals surface area (Å²) in [5, 5.41) is 3.64. The molecule has 1 aromatic rings. The van der Waals surface area contributed by atoms with Gasteiger partial charge in [0.05, 0.1) is 6.33 Å². The van der Waals surface area contributed by atoms with Gasteiger partial charge in [-0.2, -0.15) is 0 Å². The normalized spacial score (nSPS) is 13.0. The molecule has 0 amide bonds. The third-order valence-electron chi connectivity index (χ3n) is 2.05. The van der Waals surface area contributed by atoms with Gasteiger partial charge in [-0.1, -0.05) is 0 Å². The highest BCUT2D eigenvalue weighted by molar-refractivity contribution is 6.20. The number of rotatable bonds is 7. The molecule has 3 nitrogen and oxygen atoms in total. The van der Waals surface area contributed by atoms with Crippen LogP contribution < -0.4 is 5.32 Å². The molecule has 0 aliphatic heterocycles. The van der Waals surface area contributed by atoms with Crippen molar-refractivity contribution in [3.8, 4) is 0 Å². The summed E-state index contributed by atoms with van der Waals surface area (Å²) < 4.78 is 2.09. The van der Waals surface area contributed by atoms with Crippen LogP contribution in [0.3, 0.4) is 0 Å². The maximum Gasteiger partial charge on any atom is 0.0945 e. The van der Waals surface area contributed by atoms with Gasteiger partial charge in [0.25, 0.3) is 0 Å². The van der Waals surface area contributed by atoms with Gasteiger partial charge in [-0.3, -0.25) is 0 Å². The molecular formula is C10H18ClN3. The Bertz CT molecular complexity index is 221. The minimum atomic E-state index is 0.274. The maximum atomic E-state index is 5.82. The van der Waals surface area contributed by atoms with Gasteiger partial charge < -0.3 is 9.88 Å². The molecule has 0 radical (unpaired) electrons. The van der Waals surface area contributed by atoms with Gasteiger partial charge in [0.2, 0.25) is 0 Å². The summed E-state index contributed by atoms with van der Waals surface area (Å²) in [4.78, 5) is 3.99. The monoisotopic (exact) mass is 215 g/mol. The second kappa shape index (κ2) is 6.85. The number of aromatic nitrogens is 2. The van der Waals surface area contributed by atoms with E-state index in [4.69, 9.17) is 11.6 Å². The Kier molecular flexibility index (Phi) is 5.64. The van der Waals surface area contributed by atoms with Crippen molar-refractivity contribution < 1.29 is 0 Å². The number of nitrogens with one attached hydrogen (secondary N) is 1. The van der Waals surface area contributed by atoms with E-state index in [1.54, 1.807) is 0 Å². The lowest BCUT2D eigenvalue weighted by Crippen LogP contribution is -2.19. The van der Waals surface area contributed by atoms with Crippen LogP contribution in [-0.4, -0.2) is 28.0 Å². The quantitative estimate of drug-likeness (QED) is 0.556. The molecule has 0 aliphatic rings. The lowest BCUT2D eigenvalue weighted by atomic mass is 10.3. The average molecular weight is 216 g/mol. The first-order valence-electron chi connectivity index (χ1n) is 5.09. The van der Waals surface area contributed by atoms with E-state index >= 15 is 0 Å². The van der Waals surface area contributed by atoms with Crippen molar-refractivity contribution in [3.63, 3.8) is 0 Å². The highest BCUT2D eigenvalue weighted by Gasteiger charge is 1.95. The van der Waals surface area contributed by atoms with E-state index in [9.17, 15) is 0 Å². The van der Waals surface area contributed by atoms with Gasteiger partial charge in [0.15, 0.2) is 0 Å². The van der Waals surface area contributed by atoms with Crippen LogP contribution in [0.4, 0.5) is 0 Å². The smallest absolute Gasteiger partial charge is 0.0945 e. The molecule has 0 aromatic carbocycles. The molecule has 14 heavy (non-hydrogen) atoms.